The molecule has 0 heterocycles. The predicted molar refractivity (Wildman–Crippen MR) is 69.2 cm³/mol. The molecule has 1 fully saturated rings. The first-order chi connectivity index (χ1) is 7.18. The Labute approximate surface area is 105 Å². The smallest absolute Gasteiger partial charge is 0.0448 e. The summed E-state index contributed by atoms with van der Waals surface area (Å²) in [6.07, 6.45) is 4.78. The molecule has 0 nitrogen and oxygen atoms in total. The number of halogens is 2. The highest BCUT2D eigenvalue weighted by molar-refractivity contribution is 7.99. The van der Waals surface area contributed by atoms with Crippen molar-refractivity contribution in [3.05, 3.63) is 29.3 Å². The lowest BCUT2D eigenvalue weighted by atomic mass is 10.2. The van der Waals surface area contributed by atoms with Gasteiger partial charge in [-0.1, -0.05) is 11.6 Å². The molecule has 0 saturated heterocycles. The van der Waals surface area contributed by atoms with Crippen molar-refractivity contribution >= 4 is 35.0 Å². The van der Waals surface area contributed by atoms with E-state index in [4.69, 9.17) is 23.2 Å². The van der Waals surface area contributed by atoms with Crippen LogP contribution in [0.15, 0.2) is 29.2 Å². The van der Waals surface area contributed by atoms with E-state index in [2.05, 4.69) is 12.1 Å². The molecule has 0 radical (unpaired) electrons. The van der Waals surface area contributed by atoms with Crippen LogP contribution in [0.5, 0.6) is 0 Å². The lowest BCUT2D eigenvalue weighted by Gasteiger charge is -2.05. The minimum absolute atomic E-state index is 0.181. The Morgan fingerprint density at radius 2 is 1.87 bits per heavy atom. The number of thioether (sulfide) groups is 1. The lowest BCUT2D eigenvalue weighted by molar-refractivity contribution is 0.745. The van der Waals surface area contributed by atoms with Crippen molar-refractivity contribution in [2.75, 3.05) is 5.75 Å². The van der Waals surface area contributed by atoms with Gasteiger partial charge in [0.1, 0.15) is 0 Å². The Morgan fingerprint density at radius 1 is 1.20 bits per heavy atom. The third-order valence-electron chi connectivity index (χ3n) is 2.64. The number of hydrogen-bond donors (Lipinski definition) is 0. The summed E-state index contributed by atoms with van der Waals surface area (Å²) in [5.41, 5.74) is 0. The second-order valence-electron chi connectivity index (χ2n) is 4.06. The van der Waals surface area contributed by atoms with Gasteiger partial charge in [-0.2, -0.15) is 0 Å². The van der Waals surface area contributed by atoms with E-state index >= 15 is 0 Å². The monoisotopic (exact) mass is 260 g/mol. The molecule has 0 unspecified atom stereocenters. The van der Waals surface area contributed by atoms with Gasteiger partial charge in [0.05, 0.1) is 0 Å². The van der Waals surface area contributed by atoms with Crippen LogP contribution in [0.2, 0.25) is 5.02 Å². The van der Waals surface area contributed by atoms with E-state index in [0.29, 0.717) is 0 Å². The summed E-state index contributed by atoms with van der Waals surface area (Å²) in [7, 11) is 0. The van der Waals surface area contributed by atoms with Gasteiger partial charge in [-0.15, -0.1) is 23.4 Å². The quantitative estimate of drug-likeness (QED) is 0.409. The van der Waals surface area contributed by atoms with Crippen LogP contribution in [-0.4, -0.2) is 10.6 Å². The molecule has 0 N–H and O–H groups in total. The van der Waals surface area contributed by atoms with Gasteiger partial charge in [-0.25, -0.2) is 0 Å². The molecule has 0 bridgehead atoms. The number of alkyl halides is 1. The van der Waals surface area contributed by atoms with Crippen LogP contribution < -0.4 is 0 Å². The SMILES string of the molecule is Clc1ccc(SCCCC2(Cl)CC2)cc1. The molecule has 82 valence electrons. The third kappa shape index (κ3) is 3.90. The minimum Gasteiger partial charge on any atom is -0.126 e. The second kappa shape index (κ2) is 4.99. The predicted octanol–water partition coefficient (Wildman–Crippen LogP) is 4.98. The molecular formula is C12H14Cl2S. The van der Waals surface area contributed by atoms with Crippen LogP contribution in [0.1, 0.15) is 25.7 Å². The fourth-order valence-corrected chi connectivity index (χ4v) is 2.70. The minimum atomic E-state index is 0.181. The van der Waals surface area contributed by atoms with Gasteiger partial charge in [0.2, 0.25) is 0 Å². The molecule has 0 aromatic heterocycles. The Morgan fingerprint density at radius 3 is 2.47 bits per heavy atom. The Hall–Kier alpha value is 0.150. The lowest BCUT2D eigenvalue weighted by Crippen LogP contribution is -1.97. The zero-order valence-electron chi connectivity index (χ0n) is 8.51. The molecule has 0 aliphatic heterocycles. The highest BCUT2D eigenvalue weighted by Crippen LogP contribution is 2.46. The molecule has 1 saturated carbocycles. The van der Waals surface area contributed by atoms with E-state index < -0.39 is 0 Å². The van der Waals surface area contributed by atoms with Crippen LogP contribution in [0, 0.1) is 0 Å². The van der Waals surface area contributed by atoms with Crippen LogP contribution in [0.4, 0.5) is 0 Å². The zero-order chi connectivity index (χ0) is 10.7. The number of rotatable bonds is 5. The Balaban J connectivity index is 1.67. The maximum Gasteiger partial charge on any atom is 0.0448 e. The summed E-state index contributed by atoms with van der Waals surface area (Å²) < 4.78 is 0. The molecule has 1 aromatic rings. The van der Waals surface area contributed by atoms with E-state index in [9.17, 15) is 0 Å². The van der Waals surface area contributed by atoms with Gasteiger partial charge < -0.3 is 0 Å². The van der Waals surface area contributed by atoms with Crippen LogP contribution in [-0.2, 0) is 0 Å². The van der Waals surface area contributed by atoms with Crippen molar-refractivity contribution in [3.63, 3.8) is 0 Å². The summed E-state index contributed by atoms with van der Waals surface area (Å²) in [6.45, 7) is 0. The zero-order valence-corrected chi connectivity index (χ0v) is 10.8. The summed E-state index contributed by atoms with van der Waals surface area (Å²) in [5.74, 6) is 1.15. The third-order valence-corrected chi connectivity index (χ3v) is 4.56. The molecule has 2 rings (SSSR count). The summed E-state index contributed by atoms with van der Waals surface area (Å²) in [5, 5.41) is 0.803. The molecule has 1 aliphatic rings. The van der Waals surface area contributed by atoms with Crippen molar-refractivity contribution in [3.8, 4) is 0 Å². The normalized spacial score (nSPS) is 17.7. The average Bonchev–Trinajstić information content (AvgIpc) is 2.95. The van der Waals surface area contributed by atoms with Crippen molar-refractivity contribution in [2.24, 2.45) is 0 Å². The Bertz CT molecular complexity index is 317. The molecule has 3 heteroatoms. The van der Waals surface area contributed by atoms with Gasteiger partial charge >= 0.3 is 0 Å². The molecule has 0 amide bonds. The van der Waals surface area contributed by atoms with Crippen molar-refractivity contribution < 1.29 is 0 Å². The standard InChI is InChI=1S/C12H14Cl2S/c13-10-2-4-11(5-3-10)15-9-1-6-12(14)7-8-12/h2-5H,1,6-9H2. The van der Waals surface area contributed by atoms with Crippen LogP contribution >= 0.6 is 35.0 Å². The summed E-state index contributed by atoms with van der Waals surface area (Å²) >= 11 is 13.9. The highest BCUT2D eigenvalue weighted by Gasteiger charge is 2.39. The Kier molecular flexibility index (Phi) is 3.87. The topological polar surface area (TPSA) is 0 Å². The number of hydrogen-bond acceptors (Lipinski definition) is 1. The maximum absolute atomic E-state index is 6.22. The fourth-order valence-electron chi connectivity index (χ4n) is 1.50. The summed E-state index contributed by atoms with van der Waals surface area (Å²) in [4.78, 5) is 1.47. The van der Waals surface area contributed by atoms with Crippen molar-refractivity contribution in [2.45, 2.75) is 35.5 Å². The van der Waals surface area contributed by atoms with E-state index in [1.54, 1.807) is 0 Å². The van der Waals surface area contributed by atoms with Gasteiger partial charge in [-0.3, -0.25) is 0 Å². The van der Waals surface area contributed by atoms with Gasteiger partial charge in [0, 0.05) is 14.8 Å². The molecular weight excluding hydrogens is 247 g/mol. The molecule has 1 aliphatic carbocycles. The largest absolute Gasteiger partial charge is 0.126 e. The van der Waals surface area contributed by atoms with E-state index in [1.165, 1.54) is 24.2 Å². The first kappa shape index (κ1) is 11.6. The van der Waals surface area contributed by atoms with E-state index in [0.717, 1.165) is 17.2 Å². The molecule has 1 aromatic carbocycles. The van der Waals surface area contributed by atoms with Crippen molar-refractivity contribution in [1.82, 2.24) is 0 Å². The molecule has 15 heavy (non-hydrogen) atoms. The molecule has 0 atom stereocenters. The first-order valence-corrected chi connectivity index (χ1v) is 6.99. The van der Waals surface area contributed by atoms with Crippen LogP contribution in [0.3, 0.4) is 0 Å². The average molecular weight is 261 g/mol. The van der Waals surface area contributed by atoms with Gasteiger partial charge in [0.25, 0.3) is 0 Å². The second-order valence-corrected chi connectivity index (χ2v) is 6.46. The highest BCUT2D eigenvalue weighted by atomic mass is 35.5. The fraction of sp³-hybridized carbons (Fsp3) is 0.500. The van der Waals surface area contributed by atoms with Crippen molar-refractivity contribution in [1.29, 1.82) is 0 Å². The first-order valence-electron chi connectivity index (χ1n) is 5.25. The van der Waals surface area contributed by atoms with E-state index in [1.807, 2.05) is 23.9 Å². The van der Waals surface area contributed by atoms with Gasteiger partial charge in [0.15, 0.2) is 0 Å². The van der Waals surface area contributed by atoms with Gasteiger partial charge in [-0.05, 0) is 55.7 Å². The summed E-state index contributed by atoms with van der Waals surface area (Å²) in [6, 6.07) is 8.02. The molecule has 0 spiro atoms. The van der Waals surface area contributed by atoms with E-state index in [-0.39, 0.29) is 4.87 Å². The number of benzene rings is 1. The van der Waals surface area contributed by atoms with Crippen LogP contribution in [0.25, 0.3) is 0 Å². The maximum atomic E-state index is 6.22.